The van der Waals surface area contributed by atoms with Crippen molar-refractivity contribution in [3.63, 3.8) is 0 Å². The Hall–Kier alpha value is -3.11. The summed E-state index contributed by atoms with van der Waals surface area (Å²) < 4.78 is 35.1. The molecule has 34 heavy (non-hydrogen) atoms. The second kappa shape index (κ2) is 10.9. The van der Waals surface area contributed by atoms with Crippen LogP contribution in [0.3, 0.4) is 0 Å². The monoisotopic (exact) mass is 490 g/mol. The van der Waals surface area contributed by atoms with Crippen LogP contribution in [-0.4, -0.2) is 70.6 Å². The van der Waals surface area contributed by atoms with Crippen molar-refractivity contribution in [1.29, 1.82) is 0 Å². The predicted molar refractivity (Wildman–Crippen MR) is 127 cm³/mol. The van der Waals surface area contributed by atoms with Crippen molar-refractivity contribution >= 4 is 27.4 Å². The summed E-state index contributed by atoms with van der Waals surface area (Å²) in [5, 5.41) is 12.5. The quantitative estimate of drug-likeness (QED) is 0.487. The first kappa shape index (κ1) is 25.5. The average Bonchev–Trinajstić information content (AvgIpc) is 2.84. The highest BCUT2D eigenvalue weighted by atomic mass is 32.2. The van der Waals surface area contributed by atoms with E-state index in [0.717, 1.165) is 5.69 Å². The molecular formula is C24H30N2O7S. The lowest BCUT2D eigenvalue weighted by atomic mass is 9.99. The molecule has 0 radical (unpaired) electrons. The van der Waals surface area contributed by atoms with Gasteiger partial charge in [-0.3, -0.25) is 9.59 Å². The molecule has 2 aromatic carbocycles. The molecule has 0 spiro atoms. The lowest BCUT2D eigenvalue weighted by Gasteiger charge is -2.32. The first-order chi connectivity index (χ1) is 16.2. The maximum Gasteiger partial charge on any atom is 0.325 e. The normalized spacial score (nSPS) is 15.4. The largest absolute Gasteiger partial charge is 0.494 e. The summed E-state index contributed by atoms with van der Waals surface area (Å²) in [4.78, 5) is 26.0. The topological polar surface area (TPSA) is 122 Å². The third-order valence-corrected chi connectivity index (χ3v) is 8.36. The van der Waals surface area contributed by atoms with Crippen molar-refractivity contribution in [2.45, 2.75) is 28.9 Å². The SMILES string of the molecule is CN(C)c1ccc(C(=O)NCCCOc2ccc(S(=O)(=O)C3(C(=O)O)CCOCC3)cc2)cc1. The van der Waals surface area contributed by atoms with Gasteiger partial charge >= 0.3 is 5.97 Å². The van der Waals surface area contributed by atoms with E-state index >= 15 is 0 Å². The minimum absolute atomic E-state index is 0.0586. The van der Waals surface area contributed by atoms with Crippen LogP contribution in [0.2, 0.25) is 0 Å². The molecule has 1 fully saturated rings. The van der Waals surface area contributed by atoms with Crippen molar-refractivity contribution in [2.75, 3.05) is 45.4 Å². The summed E-state index contributed by atoms with van der Waals surface area (Å²) in [6.07, 6.45) is 0.382. The van der Waals surface area contributed by atoms with Crippen molar-refractivity contribution in [3.8, 4) is 5.75 Å². The van der Waals surface area contributed by atoms with Crippen LogP contribution in [-0.2, 0) is 19.4 Å². The van der Waals surface area contributed by atoms with Crippen LogP contribution in [0.1, 0.15) is 29.6 Å². The number of nitrogens with zero attached hydrogens (tertiary/aromatic N) is 1. The van der Waals surface area contributed by atoms with Gasteiger partial charge in [0, 0.05) is 57.9 Å². The van der Waals surface area contributed by atoms with Crippen LogP contribution < -0.4 is 15.0 Å². The molecule has 2 aromatic rings. The molecule has 1 amide bonds. The number of hydrogen-bond donors (Lipinski definition) is 2. The van der Waals surface area contributed by atoms with Crippen LogP contribution in [0.5, 0.6) is 5.75 Å². The third-order valence-electron chi connectivity index (χ3n) is 5.86. The van der Waals surface area contributed by atoms with Crippen LogP contribution >= 0.6 is 0 Å². The first-order valence-corrected chi connectivity index (χ1v) is 12.5. The van der Waals surface area contributed by atoms with E-state index in [1.165, 1.54) is 24.3 Å². The zero-order chi connectivity index (χ0) is 24.8. The van der Waals surface area contributed by atoms with Crippen molar-refractivity contribution in [3.05, 3.63) is 54.1 Å². The second-order valence-corrected chi connectivity index (χ2v) is 10.5. The van der Waals surface area contributed by atoms with Crippen LogP contribution in [0.15, 0.2) is 53.4 Å². The fraction of sp³-hybridized carbons (Fsp3) is 0.417. The molecule has 0 unspecified atom stereocenters. The molecule has 0 atom stereocenters. The Bertz CT molecular complexity index is 1090. The summed E-state index contributed by atoms with van der Waals surface area (Å²) in [5.74, 6) is -1.06. The lowest BCUT2D eigenvalue weighted by Crippen LogP contribution is -2.50. The molecule has 1 saturated heterocycles. The number of carboxylic acids is 1. The van der Waals surface area contributed by atoms with Crippen LogP contribution in [0.4, 0.5) is 5.69 Å². The van der Waals surface area contributed by atoms with E-state index in [1.54, 1.807) is 12.1 Å². The zero-order valence-corrected chi connectivity index (χ0v) is 20.1. The summed E-state index contributed by atoms with van der Waals surface area (Å²) in [7, 11) is -0.236. The number of hydrogen-bond acceptors (Lipinski definition) is 7. The highest BCUT2D eigenvalue weighted by Crippen LogP contribution is 2.35. The number of sulfone groups is 1. The van der Waals surface area contributed by atoms with Gasteiger partial charge in [0.1, 0.15) is 5.75 Å². The van der Waals surface area contributed by atoms with Gasteiger partial charge in [0.2, 0.25) is 0 Å². The minimum atomic E-state index is -4.10. The van der Waals surface area contributed by atoms with Gasteiger partial charge in [-0.15, -0.1) is 0 Å². The standard InChI is InChI=1S/C24H30N2O7S/c1-26(2)19-6-4-18(5-7-19)22(27)25-14-3-15-33-20-8-10-21(11-9-20)34(30,31)24(23(28)29)12-16-32-17-13-24/h4-11H,3,12-17H2,1-2H3,(H,25,27)(H,28,29). The summed E-state index contributed by atoms with van der Waals surface area (Å²) in [6, 6.07) is 13.0. The molecule has 0 saturated carbocycles. The first-order valence-electron chi connectivity index (χ1n) is 11.0. The van der Waals surface area contributed by atoms with Crippen molar-refractivity contribution < 1.29 is 32.6 Å². The Kier molecular flexibility index (Phi) is 8.16. The molecule has 0 aromatic heterocycles. The number of carboxylic acid groups (broad SMARTS) is 1. The predicted octanol–water partition coefficient (Wildman–Crippen LogP) is 2.36. The number of aliphatic carboxylic acids is 1. The molecular weight excluding hydrogens is 460 g/mol. The Balaban J connectivity index is 1.49. The molecule has 9 nitrogen and oxygen atoms in total. The highest BCUT2D eigenvalue weighted by Gasteiger charge is 2.52. The third kappa shape index (κ3) is 5.51. The molecule has 0 aliphatic carbocycles. The van der Waals surface area contributed by atoms with Gasteiger partial charge in [-0.25, -0.2) is 8.42 Å². The summed E-state index contributed by atoms with van der Waals surface area (Å²) in [5.41, 5.74) is 1.58. The Morgan fingerprint density at radius 3 is 2.24 bits per heavy atom. The number of ether oxygens (including phenoxy) is 2. The maximum absolute atomic E-state index is 13.1. The molecule has 1 aliphatic heterocycles. The summed E-state index contributed by atoms with van der Waals surface area (Å²) >= 11 is 0. The number of rotatable bonds is 10. The number of carbonyl (C=O) groups excluding carboxylic acids is 1. The molecule has 3 rings (SSSR count). The Morgan fingerprint density at radius 1 is 1.06 bits per heavy atom. The minimum Gasteiger partial charge on any atom is -0.494 e. The fourth-order valence-corrected chi connectivity index (χ4v) is 5.60. The van der Waals surface area contributed by atoms with Gasteiger partial charge in [0.05, 0.1) is 11.5 Å². The van der Waals surface area contributed by atoms with Crippen LogP contribution in [0, 0.1) is 0 Å². The molecule has 0 bridgehead atoms. The number of amides is 1. The number of carbonyl (C=O) groups is 2. The average molecular weight is 491 g/mol. The number of benzene rings is 2. The molecule has 1 aliphatic rings. The molecule has 10 heteroatoms. The Morgan fingerprint density at radius 2 is 1.68 bits per heavy atom. The van der Waals surface area contributed by atoms with E-state index in [1.807, 2.05) is 31.1 Å². The highest BCUT2D eigenvalue weighted by molar-refractivity contribution is 7.93. The van der Waals surface area contributed by atoms with Crippen molar-refractivity contribution in [1.82, 2.24) is 5.32 Å². The number of nitrogens with one attached hydrogen (secondary N) is 1. The second-order valence-electron chi connectivity index (χ2n) is 8.29. The maximum atomic E-state index is 13.1. The van der Waals surface area contributed by atoms with E-state index < -0.39 is 20.6 Å². The van der Waals surface area contributed by atoms with Crippen molar-refractivity contribution in [2.24, 2.45) is 0 Å². The number of anilines is 1. The van der Waals surface area contributed by atoms with E-state index in [9.17, 15) is 23.1 Å². The van der Waals surface area contributed by atoms with E-state index in [-0.39, 0.29) is 36.9 Å². The van der Waals surface area contributed by atoms with E-state index in [2.05, 4.69) is 5.32 Å². The lowest BCUT2D eigenvalue weighted by molar-refractivity contribution is -0.142. The van der Waals surface area contributed by atoms with Gasteiger partial charge in [-0.2, -0.15) is 0 Å². The Labute approximate surface area is 199 Å². The van der Waals surface area contributed by atoms with E-state index in [4.69, 9.17) is 9.47 Å². The zero-order valence-electron chi connectivity index (χ0n) is 19.3. The molecule has 184 valence electrons. The van der Waals surface area contributed by atoms with Gasteiger partial charge < -0.3 is 24.8 Å². The molecule has 2 N–H and O–H groups in total. The van der Waals surface area contributed by atoms with E-state index in [0.29, 0.717) is 30.9 Å². The molecule has 1 heterocycles. The smallest absolute Gasteiger partial charge is 0.325 e. The van der Waals surface area contributed by atoms with Gasteiger partial charge in [-0.05, 0) is 55.0 Å². The van der Waals surface area contributed by atoms with Gasteiger partial charge in [0.15, 0.2) is 14.6 Å². The van der Waals surface area contributed by atoms with Crippen LogP contribution in [0.25, 0.3) is 0 Å². The fourth-order valence-electron chi connectivity index (χ4n) is 3.72. The van der Waals surface area contributed by atoms with Gasteiger partial charge in [0.25, 0.3) is 5.91 Å². The van der Waals surface area contributed by atoms with Gasteiger partial charge in [-0.1, -0.05) is 0 Å². The summed E-state index contributed by atoms with van der Waals surface area (Å²) in [6.45, 7) is 0.918.